The van der Waals surface area contributed by atoms with Gasteiger partial charge in [0.25, 0.3) is 0 Å². The molecule has 0 aliphatic heterocycles. The normalized spacial score (nSPS) is 11.1. The maximum Gasteiger partial charge on any atom is 0.413 e. The average molecular weight is 239 g/mol. The fraction of sp³-hybridized carbons (Fsp3) is 0.545. The van der Waals surface area contributed by atoms with Gasteiger partial charge >= 0.3 is 6.09 Å². The van der Waals surface area contributed by atoms with E-state index < -0.39 is 11.7 Å². The van der Waals surface area contributed by atoms with Crippen molar-refractivity contribution in [2.45, 2.75) is 33.0 Å². The number of carbonyl (C=O) groups is 1. The van der Waals surface area contributed by atoms with E-state index in [-0.39, 0.29) is 0 Å². The van der Waals surface area contributed by atoms with Gasteiger partial charge in [-0.1, -0.05) is 0 Å². The molecule has 1 rings (SSSR count). The van der Waals surface area contributed by atoms with Crippen molar-refractivity contribution in [3.63, 3.8) is 0 Å². The molecule has 0 saturated heterocycles. The number of ether oxygens (including phenoxy) is 2. The highest BCUT2D eigenvalue weighted by Gasteiger charge is 2.16. The number of hydrogen-bond acceptors (Lipinski definition) is 5. The molecular weight excluding hydrogens is 222 g/mol. The maximum atomic E-state index is 11.4. The van der Waals surface area contributed by atoms with Crippen LogP contribution in [0.15, 0.2) is 12.4 Å². The summed E-state index contributed by atoms with van der Waals surface area (Å²) in [6.45, 7) is 5.76. The van der Waals surface area contributed by atoms with Gasteiger partial charge in [0.2, 0.25) is 0 Å². The standard InChI is InChI=1S/C11H17N3O3/c1-11(2,3)17-10(15)14-9-6-12-8(5-13-9)7-16-4/h5-6H,7H2,1-4H3,(H,13,14,15). The molecule has 0 unspecified atom stereocenters. The number of nitrogens with zero attached hydrogens (tertiary/aromatic N) is 2. The van der Waals surface area contributed by atoms with Crippen LogP contribution < -0.4 is 5.32 Å². The first-order valence-corrected chi connectivity index (χ1v) is 5.20. The summed E-state index contributed by atoms with van der Waals surface area (Å²) in [6.07, 6.45) is 2.44. The number of amides is 1. The molecule has 0 bridgehead atoms. The Hall–Kier alpha value is -1.69. The molecule has 0 aliphatic rings. The first-order valence-electron chi connectivity index (χ1n) is 5.20. The number of hydrogen-bond donors (Lipinski definition) is 1. The second-order valence-corrected chi connectivity index (χ2v) is 4.45. The van der Waals surface area contributed by atoms with Crippen molar-refractivity contribution in [1.29, 1.82) is 0 Å². The second-order valence-electron chi connectivity index (χ2n) is 4.45. The molecule has 1 N–H and O–H groups in total. The zero-order valence-corrected chi connectivity index (χ0v) is 10.5. The molecule has 94 valence electrons. The largest absolute Gasteiger partial charge is 0.444 e. The predicted octanol–water partition coefficient (Wildman–Crippen LogP) is 1.97. The lowest BCUT2D eigenvalue weighted by molar-refractivity contribution is 0.0635. The summed E-state index contributed by atoms with van der Waals surface area (Å²) < 4.78 is 9.98. The van der Waals surface area contributed by atoms with Crippen LogP contribution in [0.5, 0.6) is 0 Å². The van der Waals surface area contributed by atoms with Crippen LogP contribution in [0, 0.1) is 0 Å². The summed E-state index contributed by atoms with van der Waals surface area (Å²) in [4.78, 5) is 19.5. The number of aromatic nitrogens is 2. The first kappa shape index (κ1) is 13.4. The number of nitrogens with one attached hydrogen (secondary N) is 1. The third-order valence-electron chi connectivity index (χ3n) is 1.63. The van der Waals surface area contributed by atoms with Crippen LogP contribution in [0.2, 0.25) is 0 Å². The third-order valence-corrected chi connectivity index (χ3v) is 1.63. The quantitative estimate of drug-likeness (QED) is 0.872. The number of carbonyl (C=O) groups excluding carboxylic acids is 1. The topological polar surface area (TPSA) is 73.3 Å². The van der Waals surface area contributed by atoms with Gasteiger partial charge in [0.05, 0.1) is 24.7 Å². The van der Waals surface area contributed by atoms with E-state index in [0.29, 0.717) is 18.1 Å². The van der Waals surface area contributed by atoms with E-state index in [2.05, 4.69) is 15.3 Å². The van der Waals surface area contributed by atoms with E-state index in [4.69, 9.17) is 9.47 Å². The van der Waals surface area contributed by atoms with Crippen LogP contribution in [0.4, 0.5) is 10.6 Å². The summed E-state index contributed by atoms with van der Waals surface area (Å²) in [7, 11) is 1.58. The van der Waals surface area contributed by atoms with Crippen molar-refractivity contribution in [3.8, 4) is 0 Å². The zero-order chi connectivity index (χ0) is 12.9. The minimum absolute atomic E-state index is 0.346. The molecule has 17 heavy (non-hydrogen) atoms. The molecule has 0 saturated carbocycles. The summed E-state index contributed by atoms with van der Waals surface area (Å²) in [5.41, 5.74) is 0.162. The summed E-state index contributed by atoms with van der Waals surface area (Å²) in [5, 5.41) is 2.49. The van der Waals surface area contributed by atoms with Crippen LogP contribution in [-0.4, -0.2) is 28.8 Å². The zero-order valence-electron chi connectivity index (χ0n) is 10.5. The van der Waals surface area contributed by atoms with Gasteiger partial charge in [0.15, 0.2) is 5.82 Å². The Morgan fingerprint density at radius 3 is 2.53 bits per heavy atom. The van der Waals surface area contributed by atoms with E-state index in [0.717, 1.165) is 0 Å². The van der Waals surface area contributed by atoms with E-state index in [1.165, 1.54) is 12.4 Å². The Bertz CT molecular complexity index is 371. The Labute approximate surface area is 100 Å². The summed E-state index contributed by atoms with van der Waals surface area (Å²) in [5.74, 6) is 0.346. The molecule has 1 aromatic rings. The predicted molar refractivity (Wildman–Crippen MR) is 62.6 cm³/mol. The minimum atomic E-state index is -0.550. The summed E-state index contributed by atoms with van der Waals surface area (Å²) >= 11 is 0. The SMILES string of the molecule is COCc1cnc(NC(=O)OC(C)(C)C)cn1. The molecule has 0 spiro atoms. The van der Waals surface area contributed by atoms with E-state index in [1.807, 2.05) is 0 Å². The van der Waals surface area contributed by atoms with Gasteiger partial charge in [-0.15, -0.1) is 0 Å². The lowest BCUT2D eigenvalue weighted by Crippen LogP contribution is -2.27. The lowest BCUT2D eigenvalue weighted by Gasteiger charge is -2.19. The number of rotatable bonds is 3. The van der Waals surface area contributed by atoms with Crippen LogP contribution >= 0.6 is 0 Å². The fourth-order valence-corrected chi connectivity index (χ4v) is 1.05. The Morgan fingerprint density at radius 2 is 2.06 bits per heavy atom. The molecule has 0 aromatic carbocycles. The van der Waals surface area contributed by atoms with Crippen LogP contribution in [0.25, 0.3) is 0 Å². The molecule has 0 fully saturated rings. The molecule has 6 heteroatoms. The van der Waals surface area contributed by atoms with E-state index in [9.17, 15) is 4.79 Å². The van der Waals surface area contributed by atoms with Crippen molar-refractivity contribution in [1.82, 2.24) is 9.97 Å². The Balaban J connectivity index is 2.54. The minimum Gasteiger partial charge on any atom is -0.444 e. The van der Waals surface area contributed by atoms with Crippen molar-refractivity contribution in [2.75, 3.05) is 12.4 Å². The highest BCUT2D eigenvalue weighted by Crippen LogP contribution is 2.09. The number of anilines is 1. The van der Waals surface area contributed by atoms with Gasteiger partial charge in [0, 0.05) is 7.11 Å². The molecule has 1 aromatic heterocycles. The molecule has 1 amide bonds. The van der Waals surface area contributed by atoms with Crippen molar-refractivity contribution >= 4 is 11.9 Å². The van der Waals surface area contributed by atoms with E-state index >= 15 is 0 Å². The van der Waals surface area contributed by atoms with Crippen molar-refractivity contribution < 1.29 is 14.3 Å². The maximum absolute atomic E-state index is 11.4. The average Bonchev–Trinajstić information content (AvgIpc) is 2.18. The van der Waals surface area contributed by atoms with Gasteiger partial charge in [-0.2, -0.15) is 0 Å². The second kappa shape index (κ2) is 5.58. The van der Waals surface area contributed by atoms with Gasteiger partial charge in [-0.25, -0.2) is 9.78 Å². The Morgan fingerprint density at radius 1 is 1.35 bits per heavy atom. The monoisotopic (exact) mass is 239 g/mol. The van der Waals surface area contributed by atoms with E-state index in [1.54, 1.807) is 27.9 Å². The molecule has 0 radical (unpaired) electrons. The fourth-order valence-electron chi connectivity index (χ4n) is 1.05. The molecule has 1 heterocycles. The van der Waals surface area contributed by atoms with Crippen molar-refractivity contribution in [2.24, 2.45) is 0 Å². The molecule has 6 nitrogen and oxygen atoms in total. The highest BCUT2D eigenvalue weighted by molar-refractivity contribution is 5.83. The molecule has 0 atom stereocenters. The third kappa shape index (κ3) is 5.26. The van der Waals surface area contributed by atoms with Crippen molar-refractivity contribution in [3.05, 3.63) is 18.1 Å². The Kier molecular flexibility index (Phi) is 4.39. The van der Waals surface area contributed by atoms with Crippen LogP contribution in [0.1, 0.15) is 26.5 Å². The van der Waals surface area contributed by atoms with Gasteiger partial charge in [-0.3, -0.25) is 10.3 Å². The molecular formula is C11H17N3O3. The first-order chi connectivity index (χ1) is 7.90. The highest BCUT2D eigenvalue weighted by atomic mass is 16.6. The van der Waals surface area contributed by atoms with Crippen LogP contribution in [0.3, 0.4) is 0 Å². The summed E-state index contributed by atoms with van der Waals surface area (Å²) in [6, 6.07) is 0. The smallest absolute Gasteiger partial charge is 0.413 e. The number of methoxy groups -OCH3 is 1. The van der Waals surface area contributed by atoms with Crippen LogP contribution in [-0.2, 0) is 16.1 Å². The van der Waals surface area contributed by atoms with Gasteiger partial charge in [0.1, 0.15) is 5.60 Å². The lowest BCUT2D eigenvalue weighted by atomic mass is 10.2. The molecule has 0 aliphatic carbocycles. The van der Waals surface area contributed by atoms with Gasteiger partial charge in [-0.05, 0) is 20.8 Å². The van der Waals surface area contributed by atoms with Gasteiger partial charge < -0.3 is 9.47 Å².